The van der Waals surface area contributed by atoms with Gasteiger partial charge in [-0.1, -0.05) is 32.9 Å². The molecule has 0 saturated carbocycles. The van der Waals surface area contributed by atoms with Crippen molar-refractivity contribution in [3.63, 3.8) is 0 Å². The summed E-state index contributed by atoms with van der Waals surface area (Å²) < 4.78 is 5.18. The summed E-state index contributed by atoms with van der Waals surface area (Å²) in [5.74, 6) is 0.774. The van der Waals surface area contributed by atoms with E-state index in [0.29, 0.717) is 6.54 Å². The van der Waals surface area contributed by atoms with Gasteiger partial charge in [-0.25, -0.2) is 0 Å². The first kappa shape index (κ1) is 17.0. The number of β-amino-alcohol motifs (C(OH)–C–C–N with tert-alkyl or cyclic N) is 1. The van der Waals surface area contributed by atoms with Crippen LogP contribution in [0.2, 0.25) is 0 Å². The second kappa shape index (κ2) is 6.59. The van der Waals surface area contributed by atoms with Gasteiger partial charge in [-0.2, -0.15) is 0 Å². The highest BCUT2D eigenvalue weighted by Crippen LogP contribution is 2.27. The molecule has 0 bridgehead atoms. The summed E-state index contributed by atoms with van der Waals surface area (Å²) in [5.41, 5.74) is 1.14. The second-order valence-electron chi connectivity index (χ2n) is 7.29. The van der Waals surface area contributed by atoms with Crippen molar-refractivity contribution in [3.05, 3.63) is 29.8 Å². The van der Waals surface area contributed by atoms with E-state index in [1.54, 1.807) is 7.11 Å². The van der Waals surface area contributed by atoms with E-state index in [4.69, 9.17) is 4.74 Å². The summed E-state index contributed by atoms with van der Waals surface area (Å²) >= 11 is 0. The average molecular weight is 279 g/mol. The minimum Gasteiger partial charge on any atom is -0.497 e. The maximum atomic E-state index is 10.3. The van der Waals surface area contributed by atoms with Gasteiger partial charge in [0.15, 0.2) is 0 Å². The fourth-order valence-electron chi connectivity index (χ4n) is 2.73. The minimum atomic E-state index is -0.524. The highest BCUT2D eigenvalue weighted by molar-refractivity contribution is 5.29. The summed E-state index contributed by atoms with van der Waals surface area (Å²) in [6.45, 7) is 11.6. The van der Waals surface area contributed by atoms with Crippen LogP contribution < -0.4 is 10.1 Å². The van der Waals surface area contributed by atoms with E-state index in [-0.39, 0.29) is 11.0 Å². The third-order valence-electron chi connectivity index (χ3n) is 3.22. The predicted octanol–water partition coefficient (Wildman–Crippen LogP) is 3.53. The Labute approximate surface area is 123 Å². The zero-order valence-corrected chi connectivity index (χ0v) is 13.7. The third kappa shape index (κ3) is 5.93. The van der Waals surface area contributed by atoms with Gasteiger partial charge >= 0.3 is 0 Å². The summed E-state index contributed by atoms with van der Waals surface area (Å²) in [4.78, 5) is 0. The van der Waals surface area contributed by atoms with Gasteiger partial charge in [0.05, 0.1) is 13.2 Å². The Morgan fingerprint density at radius 3 is 2.40 bits per heavy atom. The maximum absolute atomic E-state index is 10.3. The van der Waals surface area contributed by atoms with Crippen LogP contribution in [0, 0.1) is 5.41 Å². The Kier molecular flexibility index (Phi) is 5.60. The summed E-state index contributed by atoms with van der Waals surface area (Å²) in [7, 11) is 1.64. The van der Waals surface area contributed by atoms with Gasteiger partial charge in [-0.3, -0.25) is 0 Å². The molecule has 0 aliphatic heterocycles. The molecule has 0 fully saturated rings. The first-order valence-electron chi connectivity index (χ1n) is 7.20. The number of aliphatic hydroxyl groups is 1. The van der Waals surface area contributed by atoms with Crippen LogP contribution in [0.25, 0.3) is 0 Å². The Morgan fingerprint density at radius 1 is 1.20 bits per heavy atom. The molecule has 2 N–H and O–H groups in total. The van der Waals surface area contributed by atoms with E-state index in [0.717, 1.165) is 17.7 Å². The van der Waals surface area contributed by atoms with Crippen molar-refractivity contribution < 1.29 is 9.84 Å². The molecule has 0 radical (unpaired) electrons. The number of hydrogen-bond acceptors (Lipinski definition) is 3. The van der Waals surface area contributed by atoms with Gasteiger partial charge in [0.25, 0.3) is 0 Å². The second-order valence-corrected chi connectivity index (χ2v) is 7.29. The Morgan fingerprint density at radius 2 is 1.85 bits per heavy atom. The lowest BCUT2D eigenvalue weighted by Gasteiger charge is -2.34. The highest BCUT2D eigenvalue weighted by Gasteiger charge is 2.25. The maximum Gasteiger partial charge on any atom is 0.119 e. The first-order valence-corrected chi connectivity index (χ1v) is 7.20. The number of aliphatic hydroxyl groups excluding tert-OH is 1. The largest absolute Gasteiger partial charge is 0.497 e. The topological polar surface area (TPSA) is 41.5 Å². The SMILES string of the molecule is COc1cccc(C(O)CNC(C)(C)CC(C)(C)C)c1. The lowest BCUT2D eigenvalue weighted by Crippen LogP contribution is -2.44. The molecule has 1 aromatic carbocycles. The standard InChI is InChI=1S/C17H29NO2/c1-16(2,3)12-17(4,5)18-11-15(19)13-8-7-9-14(10-13)20-6/h7-10,15,18-19H,11-12H2,1-6H3. The van der Waals surface area contributed by atoms with Crippen LogP contribution in [0.15, 0.2) is 24.3 Å². The van der Waals surface area contributed by atoms with E-state index in [9.17, 15) is 5.11 Å². The molecule has 1 rings (SSSR count). The van der Waals surface area contributed by atoms with E-state index in [1.807, 2.05) is 24.3 Å². The zero-order valence-electron chi connectivity index (χ0n) is 13.7. The Balaban J connectivity index is 2.60. The molecule has 0 aromatic heterocycles. The van der Waals surface area contributed by atoms with Crippen molar-refractivity contribution in [2.45, 2.75) is 52.7 Å². The van der Waals surface area contributed by atoms with Gasteiger partial charge in [0.2, 0.25) is 0 Å². The molecule has 0 saturated heterocycles. The van der Waals surface area contributed by atoms with Crippen LogP contribution in [0.4, 0.5) is 0 Å². The van der Waals surface area contributed by atoms with Crippen molar-refractivity contribution in [1.82, 2.24) is 5.32 Å². The summed E-state index contributed by atoms with van der Waals surface area (Å²) in [6.07, 6.45) is 0.523. The highest BCUT2D eigenvalue weighted by atomic mass is 16.5. The normalized spacial score (nSPS) is 14.2. The monoisotopic (exact) mass is 279 g/mol. The molecule has 114 valence electrons. The zero-order chi connectivity index (χ0) is 15.4. The van der Waals surface area contributed by atoms with Crippen LogP contribution in [-0.2, 0) is 0 Å². The third-order valence-corrected chi connectivity index (χ3v) is 3.22. The molecule has 1 aromatic rings. The number of benzene rings is 1. The molecule has 0 aliphatic carbocycles. The molecule has 0 aliphatic rings. The Hall–Kier alpha value is -1.06. The average Bonchev–Trinajstić information content (AvgIpc) is 2.33. The molecule has 3 heteroatoms. The number of ether oxygens (including phenoxy) is 1. The summed E-state index contributed by atoms with van der Waals surface area (Å²) in [5, 5.41) is 13.7. The smallest absolute Gasteiger partial charge is 0.119 e. The van der Waals surface area contributed by atoms with Crippen LogP contribution >= 0.6 is 0 Å². The van der Waals surface area contributed by atoms with E-state index in [1.165, 1.54) is 0 Å². The summed E-state index contributed by atoms with van der Waals surface area (Å²) in [6, 6.07) is 7.58. The van der Waals surface area contributed by atoms with Gasteiger partial charge in [-0.15, -0.1) is 0 Å². The van der Waals surface area contributed by atoms with Gasteiger partial charge in [-0.05, 0) is 43.4 Å². The lowest BCUT2D eigenvalue weighted by atomic mass is 9.81. The molecule has 3 nitrogen and oxygen atoms in total. The molecule has 0 heterocycles. The van der Waals surface area contributed by atoms with Gasteiger partial charge < -0.3 is 15.2 Å². The quantitative estimate of drug-likeness (QED) is 0.837. The number of methoxy groups -OCH3 is 1. The van der Waals surface area contributed by atoms with Crippen molar-refractivity contribution in [2.24, 2.45) is 5.41 Å². The van der Waals surface area contributed by atoms with Crippen molar-refractivity contribution in [1.29, 1.82) is 0 Å². The predicted molar refractivity (Wildman–Crippen MR) is 84.1 cm³/mol. The molecule has 1 unspecified atom stereocenters. The first-order chi connectivity index (χ1) is 9.13. The fourth-order valence-corrected chi connectivity index (χ4v) is 2.73. The van der Waals surface area contributed by atoms with Crippen molar-refractivity contribution in [3.8, 4) is 5.75 Å². The van der Waals surface area contributed by atoms with Crippen molar-refractivity contribution >= 4 is 0 Å². The lowest BCUT2D eigenvalue weighted by molar-refractivity contribution is 0.148. The van der Waals surface area contributed by atoms with E-state index < -0.39 is 6.10 Å². The van der Waals surface area contributed by atoms with Crippen LogP contribution in [-0.4, -0.2) is 24.3 Å². The number of nitrogens with one attached hydrogen (secondary N) is 1. The molecular weight excluding hydrogens is 250 g/mol. The van der Waals surface area contributed by atoms with E-state index >= 15 is 0 Å². The fraction of sp³-hybridized carbons (Fsp3) is 0.647. The van der Waals surface area contributed by atoms with Crippen LogP contribution in [0.1, 0.15) is 52.7 Å². The minimum absolute atomic E-state index is 0.00189. The van der Waals surface area contributed by atoms with Crippen LogP contribution in [0.5, 0.6) is 5.75 Å². The Bertz CT molecular complexity index is 421. The van der Waals surface area contributed by atoms with Gasteiger partial charge in [0.1, 0.15) is 5.75 Å². The molecule has 0 amide bonds. The van der Waals surface area contributed by atoms with Gasteiger partial charge in [0, 0.05) is 12.1 Å². The van der Waals surface area contributed by atoms with Crippen molar-refractivity contribution in [2.75, 3.05) is 13.7 Å². The molecule has 20 heavy (non-hydrogen) atoms. The van der Waals surface area contributed by atoms with E-state index in [2.05, 4.69) is 39.9 Å². The molecule has 1 atom stereocenters. The van der Waals surface area contributed by atoms with Crippen LogP contribution in [0.3, 0.4) is 0 Å². The number of hydrogen-bond donors (Lipinski definition) is 2. The number of rotatable bonds is 6. The molecular formula is C17H29NO2. The molecule has 0 spiro atoms.